The number of benzene rings is 1. The maximum Gasteiger partial charge on any atom is 0.0402 e. The van der Waals surface area contributed by atoms with E-state index < -0.39 is 0 Å². The molecule has 1 N–H and O–H groups in total. The summed E-state index contributed by atoms with van der Waals surface area (Å²) in [6.07, 6.45) is 1.85. The van der Waals surface area contributed by atoms with Crippen LogP contribution in [0.3, 0.4) is 0 Å². The van der Waals surface area contributed by atoms with Crippen molar-refractivity contribution < 1.29 is 5.11 Å². The minimum atomic E-state index is 0.250. The van der Waals surface area contributed by atoms with Gasteiger partial charge in [0.2, 0.25) is 0 Å². The fourth-order valence-corrected chi connectivity index (χ4v) is 0.782. The number of hydrogen-bond donors (Lipinski definition) is 1. The molecule has 0 unspecified atom stereocenters. The quantitative estimate of drug-likeness (QED) is 0.712. The van der Waals surface area contributed by atoms with Gasteiger partial charge in [-0.15, -0.1) is 0 Å². The van der Waals surface area contributed by atoms with Gasteiger partial charge in [-0.1, -0.05) is 41.9 Å². The van der Waals surface area contributed by atoms with Crippen molar-refractivity contribution in [1.82, 2.24) is 0 Å². The van der Waals surface area contributed by atoms with E-state index in [0.29, 0.717) is 0 Å². The van der Waals surface area contributed by atoms with E-state index in [2.05, 4.69) is 0 Å². The Kier molecular flexibility index (Phi) is 7.76. The van der Waals surface area contributed by atoms with Crippen LogP contribution in [0.15, 0.2) is 35.9 Å². The van der Waals surface area contributed by atoms with Crippen LogP contribution in [0.25, 0.3) is 6.08 Å². The molecule has 1 aromatic carbocycles. The highest BCUT2D eigenvalue weighted by molar-refractivity contribution is 6.27. The highest BCUT2D eigenvalue weighted by Gasteiger charge is 1.78. The SMILES string of the molecule is CCO.ClC=Cc1ccccc1. The zero-order chi connectivity index (χ0) is 9.23. The molecule has 0 aromatic heterocycles. The summed E-state index contributed by atoms with van der Waals surface area (Å²) in [5.74, 6) is 0. The molecule has 0 aliphatic rings. The van der Waals surface area contributed by atoms with Gasteiger partial charge in [0.15, 0.2) is 0 Å². The molecule has 0 radical (unpaired) electrons. The number of hydrogen-bond acceptors (Lipinski definition) is 1. The molecule has 2 heteroatoms. The van der Waals surface area contributed by atoms with Crippen molar-refractivity contribution in [3.63, 3.8) is 0 Å². The molecule has 1 nitrogen and oxygen atoms in total. The predicted octanol–water partition coefficient (Wildman–Crippen LogP) is 2.89. The van der Waals surface area contributed by atoms with E-state index in [1.54, 1.807) is 6.92 Å². The van der Waals surface area contributed by atoms with Gasteiger partial charge in [0, 0.05) is 12.1 Å². The van der Waals surface area contributed by atoms with E-state index >= 15 is 0 Å². The van der Waals surface area contributed by atoms with Crippen molar-refractivity contribution in [2.24, 2.45) is 0 Å². The van der Waals surface area contributed by atoms with Gasteiger partial charge in [0.25, 0.3) is 0 Å². The van der Waals surface area contributed by atoms with Crippen molar-refractivity contribution in [2.75, 3.05) is 6.61 Å². The predicted molar refractivity (Wildman–Crippen MR) is 54.1 cm³/mol. The molecule has 0 bridgehead atoms. The molecule has 0 spiro atoms. The normalized spacial score (nSPS) is 9.25. The lowest BCUT2D eigenvalue weighted by atomic mass is 10.2. The summed E-state index contributed by atoms with van der Waals surface area (Å²) in [6.45, 7) is 1.93. The Labute approximate surface area is 78.3 Å². The minimum Gasteiger partial charge on any atom is -0.397 e. The maximum atomic E-state index is 7.57. The van der Waals surface area contributed by atoms with Crippen LogP contribution in [-0.2, 0) is 0 Å². The Morgan fingerprint density at radius 3 is 2.25 bits per heavy atom. The molecule has 0 atom stereocenters. The summed E-state index contributed by atoms with van der Waals surface area (Å²) >= 11 is 5.36. The molecule has 0 saturated carbocycles. The summed E-state index contributed by atoms with van der Waals surface area (Å²) < 4.78 is 0. The van der Waals surface area contributed by atoms with Crippen LogP contribution in [0, 0.1) is 0 Å². The minimum absolute atomic E-state index is 0.250. The molecule has 0 aliphatic heterocycles. The van der Waals surface area contributed by atoms with E-state index in [1.165, 1.54) is 5.54 Å². The van der Waals surface area contributed by atoms with Crippen molar-refractivity contribution in [3.8, 4) is 0 Å². The first-order valence-corrected chi connectivity index (χ1v) is 4.21. The lowest BCUT2D eigenvalue weighted by Crippen LogP contribution is -1.64. The number of aliphatic hydroxyl groups excluding tert-OH is 1. The lowest BCUT2D eigenvalue weighted by Gasteiger charge is -1.86. The molecule has 1 aromatic rings. The topological polar surface area (TPSA) is 20.2 Å². The van der Waals surface area contributed by atoms with E-state index in [4.69, 9.17) is 16.7 Å². The Morgan fingerprint density at radius 2 is 1.83 bits per heavy atom. The standard InChI is InChI=1S/C8H7Cl.C2H6O/c9-7-6-8-4-2-1-3-5-8;1-2-3/h1-7H;3H,2H2,1H3. The van der Waals surface area contributed by atoms with Gasteiger partial charge < -0.3 is 5.11 Å². The highest BCUT2D eigenvalue weighted by atomic mass is 35.5. The van der Waals surface area contributed by atoms with Gasteiger partial charge in [-0.3, -0.25) is 0 Å². The average molecular weight is 185 g/mol. The van der Waals surface area contributed by atoms with Crippen molar-refractivity contribution in [2.45, 2.75) is 6.92 Å². The van der Waals surface area contributed by atoms with Gasteiger partial charge in [0.1, 0.15) is 0 Å². The number of rotatable bonds is 1. The summed E-state index contributed by atoms with van der Waals surface area (Å²) in [5, 5.41) is 7.57. The third kappa shape index (κ3) is 5.96. The number of halogens is 1. The first kappa shape index (κ1) is 11.2. The highest BCUT2D eigenvalue weighted by Crippen LogP contribution is 2.00. The van der Waals surface area contributed by atoms with E-state index in [9.17, 15) is 0 Å². The Morgan fingerprint density at radius 1 is 1.33 bits per heavy atom. The van der Waals surface area contributed by atoms with Crippen LogP contribution >= 0.6 is 11.6 Å². The van der Waals surface area contributed by atoms with E-state index in [-0.39, 0.29) is 6.61 Å². The largest absolute Gasteiger partial charge is 0.397 e. The maximum absolute atomic E-state index is 7.57. The fraction of sp³-hybridized carbons (Fsp3) is 0.200. The molecular formula is C10H13ClO. The van der Waals surface area contributed by atoms with Gasteiger partial charge in [-0.25, -0.2) is 0 Å². The van der Waals surface area contributed by atoms with Crippen LogP contribution in [0.2, 0.25) is 0 Å². The van der Waals surface area contributed by atoms with Gasteiger partial charge >= 0.3 is 0 Å². The van der Waals surface area contributed by atoms with E-state index in [0.717, 1.165) is 5.56 Å². The Hall–Kier alpha value is -0.790. The summed E-state index contributed by atoms with van der Waals surface area (Å²) in [4.78, 5) is 0. The fourth-order valence-electron chi connectivity index (χ4n) is 0.637. The summed E-state index contributed by atoms with van der Waals surface area (Å²) in [6, 6.07) is 9.93. The van der Waals surface area contributed by atoms with Crippen LogP contribution in [0.1, 0.15) is 12.5 Å². The number of aliphatic hydroxyl groups is 1. The van der Waals surface area contributed by atoms with Gasteiger partial charge in [0.05, 0.1) is 0 Å². The van der Waals surface area contributed by atoms with Crippen LogP contribution in [0.5, 0.6) is 0 Å². The third-order valence-electron chi connectivity index (χ3n) is 1.06. The molecule has 1 rings (SSSR count). The third-order valence-corrected chi connectivity index (χ3v) is 1.18. The summed E-state index contributed by atoms with van der Waals surface area (Å²) in [7, 11) is 0. The molecule has 0 aliphatic carbocycles. The van der Waals surface area contributed by atoms with E-state index in [1.807, 2.05) is 36.4 Å². The van der Waals surface area contributed by atoms with Crippen LogP contribution in [0.4, 0.5) is 0 Å². The van der Waals surface area contributed by atoms with Crippen molar-refractivity contribution in [3.05, 3.63) is 41.4 Å². The first-order chi connectivity index (χ1) is 5.85. The molecule has 0 fully saturated rings. The second-order valence-corrected chi connectivity index (χ2v) is 2.27. The Balaban J connectivity index is 0.000000354. The Bertz CT molecular complexity index is 206. The lowest BCUT2D eigenvalue weighted by molar-refractivity contribution is 0.318. The smallest absolute Gasteiger partial charge is 0.0402 e. The van der Waals surface area contributed by atoms with Crippen LogP contribution in [-0.4, -0.2) is 11.7 Å². The molecular weight excluding hydrogens is 172 g/mol. The molecule has 12 heavy (non-hydrogen) atoms. The average Bonchev–Trinajstić information content (AvgIpc) is 2.08. The van der Waals surface area contributed by atoms with Crippen molar-refractivity contribution >= 4 is 17.7 Å². The monoisotopic (exact) mass is 184 g/mol. The summed E-state index contributed by atoms with van der Waals surface area (Å²) in [5.41, 5.74) is 2.64. The first-order valence-electron chi connectivity index (χ1n) is 3.77. The van der Waals surface area contributed by atoms with Gasteiger partial charge in [-0.2, -0.15) is 0 Å². The second kappa shape index (κ2) is 8.31. The zero-order valence-corrected chi connectivity index (χ0v) is 7.83. The van der Waals surface area contributed by atoms with Crippen molar-refractivity contribution in [1.29, 1.82) is 0 Å². The molecule has 0 amide bonds. The molecule has 0 saturated heterocycles. The molecule has 0 heterocycles. The molecule has 66 valence electrons. The van der Waals surface area contributed by atoms with Crippen LogP contribution < -0.4 is 0 Å². The second-order valence-electron chi connectivity index (χ2n) is 2.02. The van der Waals surface area contributed by atoms with Gasteiger partial charge in [-0.05, 0) is 18.6 Å². The zero-order valence-electron chi connectivity index (χ0n) is 7.07.